The van der Waals surface area contributed by atoms with Crippen molar-refractivity contribution in [1.82, 2.24) is 5.32 Å². The lowest BCUT2D eigenvalue weighted by molar-refractivity contribution is -0.137. The SMILES string of the molecule is O=C(CNC(=O)C(=O)Nc1ccccc1)Nc1cccc(C(F)(F)F)c1. The van der Waals surface area contributed by atoms with Crippen LogP contribution < -0.4 is 16.0 Å². The number of halogens is 3. The minimum absolute atomic E-state index is 0.0761. The molecule has 6 nitrogen and oxygen atoms in total. The third-order valence-corrected chi connectivity index (χ3v) is 3.12. The van der Waals surface area contributed by atoms with Crippen LogP contribution in [0, 0.1) is 0 Å². The molecule has 0 bridgehead atoms. The van der Waals surface area contributed by atoms with E-state index in [9.17, 15) is 27.6 Å². The Bertz CT molecular complexity index is 808. The van der Waals surface area contributed by atoms with Crippen molar-refractivity contribution in [2.45, 2.75) is 6.18 Å². The summed E-state index contributed by atoms with van der Waals surface area (Å²) in [6.45, 7) is -0.572. The topological polar surface area (TPSA) is 87.3 Å². The second-order valence-corrected chi connectivity index (χ2v) is 5.13. The van der Waals surface area contributed by atoms with Gasteiger partial charge in [0.25, 0.3) is 0 Å². The van der Waals surface area contributed by atoms with Crippen molar-refractivity contribution < 1.29 is 27.6 Å². The zero-order valence-electron chi connectivity index (χ0n) is 13.3. The van der Waals surface area contributed by atoms with Crippen molar-refractivity contribution in [3.63, 3.8) is 0 Å². The number of amides is 3. The van der Waals surface area contributed by atoms with Gasteiger partial charge in [0.2, 0.25) is 5.91 Å². The molecular formula is C17H14F3N3O3. The van der Waals surface area contributed by atoms with Crippen LogP contribution >= 0.6 is 0 Å². The molecule has 0 saturated carbocycles. The Hall–Kier alpha value is -3.36. The van der Waals surface area contributed by atoms with E-state index in [4.69, 9.17) is 0 Å². The largest absolute Gasteiger partial charge is 0.416 e. The maximum atomic E-state index is 12.6. The number of carbonyl (C=O) groups excluding carboxylic acids is 3. The summed E-state index contributed by atoms with van der Waals surface area (Å²) in [5.41, 5.74) is -0.588. The summed E-state index contributed by atoms with van der Waals surface area (Å²) >= 11 is 0. The van der Waals surface area contributed by atoms with Crippen molar-refractivity contribution in [1.29, 1.82) is 0 Å². The van der Waals surface area contributed by atoms with Gasteiger partial charge in [-0.25, -0.2) is 0 Å². The van der Waals surface area contributed by atoms with Crippen LogP contribution in [-0.4, -0.2) is 24.3 Å². The molecule has 2 aromatic rings. The van der Waals surface area contributed by atoms with E-state index in [1.165, 1.54) is 6.07 Å². The van der Waals surface area contributed by atoms with E-state index in [0.717, 1.165) is 18.2 Å². The molecule has 0 aliphatic rings. The average Bonchev–Trinajstić information content (AvgIpc) is 2.60. The smallest absolute Gasteiger partial charge is 0.339 e. The number of nitrogens with one attached hydrogen (secondary N) is 3. The molecule has 9 heteroatoms. The number of rotatable bonds is 4. The molecule has 3 amide bonds. The minimum atomic E-state index is -4.54. The van der Waals surface area contributed by atoms with Gasteiger partial charge in [-0.3, -0.25) is 14.4 Å². The van der Waals surface area contributed by atoms with Crippen LogP contribution in [0.1, 0.15) is 5.56 Å². The zero-order chi connectivity index (χ0) is 19.2. The van der Waals surface area contributed by atoms with Crippen molar-refractivity contribution in [2.75, 3.05) is 17.2 Å². The monoisotopic (exact) mass is 365 g/mol. The van der Waals surface area contributed by atoms with Gasteiger partial charge in [0.15, 0.2) is 0 Å². The number of carbonyl (C=O) groups is 3. The van der Waals surface area contributed by atoms with E-state index in [-0.39, 0.29) is 5.69 Å². The van der Waals surface area contributed by atoms with Crippen LogP contribution in [0.2, 0.25) is 0 Å². The summed E-state index contributed by atoms with van der Waals surface area (Å²) in [6, 6.07) is 12.3. The molecule has 0 radical (unpaired) electrons. The molecule has 2 rings (SSSR count). The van der Waals surface area contributed by atoms with Crippen LogP contribution in [0.4, 0.5) is 24.5 Å². The second kappa shape index (κ2) is 8.15. The number of para-hydroxylation sites is 1. The first-order chi connectivity index (χ1) is 12.3. The summed E-state index contributed by atoms with van der Waals surface area (Å²) in [6.07, 6.45) is -4.54. The predicted octanol–water partition coefficient (Wildman–Crippen LogP) is 2.40. The van der Waals surface area contributed by atoms with Crippen LogP contribution in [0.5, 0.6) is 0 Å². The Labute approximate surface area is 146 Å². The molecule has 0 spiro atoms. The van der Waals surface area contributed by atoms with E-state index in [1.54, 1.807) is 30.3 Å². The van der Waals surface area contributed by atoms with Crippen LogP contribution in [0.15, 0.2) is 54.6 Å². The number of anilines is 2. The van der Waals surface area contributed by atoms with Gasteiger partial charge in [0, 0.05) is 11.4 Å². The number of hydrogen-bond donors (Lipinski definition) is 3. The first-order valence-corrected chi connectivity index (χ1v) is 7.37. The number of hydrogen-bond acceptors (Lipinski definition) is 3. The normalized spacial score (nSPS) is 10.7. The van der Waals surface area contributed by atoms with Crippen LogP contribution in [-0.2, 0) is 20.6 Å². The number of alkyl halides is 3. The van der Waals surface area contributed by atoms with Gasteiger partial charge in [0.1, 0.15) is 0 Å². The summed E-state index contributed by atoms with van der Waals surface area (Å²) in [5.74, 6) is -2.79. The van der Waals surface area contributed by atoms with Gasteiger partial charge in [-0.2, -0.15) is 13.2 Å². The molecule has 3 N–H and O–H groups in total. The fourth-order valence-electron chi connectivity index (χ4n) is 1.93. The lowest BCUT2D eigenvalue weighted by Crippen LogP contribution is -2.39. The van der Waals surface area contributed by atoms with Gasteiger partial charge in [0.05, 0.1) is 12.1 Å². The molecule has 136 valence electrons. The summed E-state index contributed by atoms with van der Waals surface area (Å²) in [5, 5.41) is 6.63. The average molecular weight is 365 g/mol. The molecule has 0 unspecified atom stereocenters. The van der Waals surface area contributed by atoms with Crippen LogP contribution in [0.3, 0.4) is 0 Å². The van der Waals surface area contributed by atoms with Gasteiger partial charge in [-0.15, -0.1) is 0 Å². The highest BCUT2D eigenvalue weighted by molar-refractivity contribution is 6.39. The number of benzene rings is 2. The van der Waals surface area contributed by atoms with Crippen molar-refractivity contribution >= 4 is 29.1 Å². The van der Waals surface area contributed by atoms with E-state index >= 15 is 0 Å². The highest BCUT2D eigenvalue weighted by Gasteiger charge is 2.30. The maximum Gasteiger partial charge on any atom is 0.416 e. The first kappa shape index (κ1) is 19.0. The summed E-state index contributed by atoms with van der Waals surface area (Å²) in [4.78, 5) is 35.0. The second-order valence-electron chi connectivity index (χ2n) is 5.13. The first-order valence-electron chi connectivity index (χ1n) is 7.37. The third-order valence-electron chi connectivity index (χ3n) is 3.12. The van der Waals surface area contributed by atoms with Crippen molar-refractivity contribution in [2.24, 2.45) is 0 Å². The molecule has 0 heterocycles. The molecule has 2 aromatic carbocycles. The van der Waals surface area contributed by atoms with Gasteiger partial charge in [-0.05, 0) is 30.3 Å². The molecule has 0 aliphatic carbocycles. The van der Waals surface area contributed by atoms with Crippen molar-refractivity contribution in [3.05, 3.63) is 60.2 Å². The summed E-state index contributed by atoms with van der Waals surface area (Å²) < 4.78 is 37.8. The van der Waals surface area contributed by atoms with Crippen LogP contribution in [0.25, 0.3) is 0 Å². The lowest BCUT2D eigenvalue weighted by Gasteiger charge is -2.10. The van der Waals surface area contributed by atoms with E-state index in [2.05, 4.69) is 16.0 Å². The molecule has 0 atom stereocenters. The standard InChI is InChI=1S/C17H14F3N3O3/c18-17(19,20)11-5-4-8-13(9-11)22-14(24)10-21-15(25)16(26)23-12-6-2-1-3-7-12/h1-9H,10H2,(H,21,25)(H,22,24)(H,23,26). The minimum Gasteiger partial charge on any atom is -0.339 e. The Kier molecular flexibility index (Phi) is 5.94. The van der Waals surface area contributed by atoms with Gasteiger partial charge >= 0.3 is 18.0 Å². The van der Waals surface area contributed by atoms with Crippen molar-refractivity contribution in [3.8, 4) is 0 Å². The molecular weight excluding hydrogens is 351 g/mol. The Morgan fingerprint density at radius 3 is 2.12 bits per heavy atom. The third kappa shape index (κ3) is 5.62. The lowest BCUT2D eigenvalue weighted by atomic mass is 10.2. The molecule has 0 fully saturated rings. The summed E-state index contributed by atoms with van der Waals surface area (Å²) in [7, 11) is 0. The predicted molar refractivity (Wildman–Crippen MR) is 88.2 cm³/mol. The van der Waals surface area contributed by atoms with E-state index in [1.807, 2.05) is 0 Å². The van der Waals surface area contributed by atoms with E-state index < -0.39 is 36.0 Å². The zero-order valence-corrected chi connectivity index (χ0v) is 13.3. The van der Waals surface area contributed by atoms with Gasteiger partial charge < -0.3 is 16.0 Å². The van der Waals surface area contributed by atoms with E-state index in [0.29, 0.717) is 5.69 Å². The molecule has 0 saturated heterocycles. The maximum absolute atomic E-state index is 12.6. The fraction of sp³-hybridized carbons (Fsp3) is 0.118. The quantitative estimate of drug-likeness (QED) is 0.727. The highest BCUT2D eigenvalue weighted by Crippen LogP contribution is 2.30. The molecule has 0 aliphatic heterocycles. The Morgan fingerprint density at radius 2 is 1.46 bits per heavy atom. The molecule has 0 aromatic heterocycles. The Balaban J connectivity index is 1.85. The molecule has 26 heavy (non-hydrogen) atoms. The van der Waals surface area contributed by atoms with Gasteiger partial charge in [-0.1, -0.05) is 24.3 Å². The Morgan fingerprint density at radius 1 is 0.808 bits per heavy atom. The highest BCUT2D eigenvalue weighted by atomic mass is 19.4. The fourth-order valence-corrected chi connectivity index (χ4v) is 1.93.